The fourth-order valence-electron chi connectivity index (χ4n) is 2.61. The van der Waals surface area contributed by atoms with Crippen LogP contribution >= 0.6 is 11.8 Å². The SMILES string of the molecule is CCC1(c2ccc(OC)c(OC)c2)CCSC(NC(C)=O)=N1. The minimum atomic E-state index is -0.331. The van der Waals surface area contributed by atoms with E-state index in [1.807, 2.05) is 18.2 Å². The number of carbonyl (C=O) groups excluding carboxylic acids is 1. The molecule has 0 bridgehead atoms. The van der Waals surface area contributed by atoms with Crippen LogP contribution in [-0.4, -0.2) is 31.0 Å². The molecule has 0 aliphatic carbocycles. The van der Waals surface area contributed by atoms with E-state index in [1.54, 1.807) is 26.0 Å². The lowest BCUT2D eigenvalue weighted by Crippen LogP contribution is -2.35. The molecule has 1 aromatic rings. The average molecular weight is 322 g/mol. The Morgan fingerprint density at radius 3 is 2.68 bits per heavy atom. The molecule has 1 aliphatic heterocycles. The van der Waals surface area contributed by atoms with Crippen molar-refractivity contribution in [3.63, 3.8) is 0 Å². The van der Waals surface area contributed by atoms with Gasteiger partial charge >= 0.3 is 0 Å². The molecule has 0 spiro atoms. The Hall–Kier alpha value is -1.69. The largest absolute Gasteiger partial charge is 0.493 e. The summed E-state index contributed by atoms with van der Waals surface area (Å²) in [6.07, 6.45) is 1.78. The normalized spacial score (nSPS) is 21.0. The number of hydrogen-bond donors (Lipinski definition) is 1. The fraction of sp³-hybridized carbons (Fsp3) is 0.500. The highest BCUT2D eigenvalue weighted by molar-refractivity contribution is 8.13. The van der Waals surface area contributed by atoms with Gasteiger partial charge in [-0.15, -0.1) is 0 Å². The van der Waals surface area contributed by atoms with Crippen molar-refractivity contribution in [1.29, 1.82) is 0 Å². The van der Waals surface area contributed by atoms with E-state index in [9.17, 15) is 4.79 Å². The highest BCUT2D eigenvalue weighted by atomic mass is 32.2. The third-order valence-electron chi connectivity index (χ3n) is 3.86. The molecule has 0 fully saturated rings. The van der Waals surface area contributed by atoms with Crippen LogP contribution in [-0.2, 0) is 10.3 Å². The molecule has 6 heteroatoms. The van der Waals surface area contributed by atoms with Gasteiger partial charge in [0.2, 0.25) is 5.91 Å². The zero-order valence-electron chi connectivity index (χ0n) is 13.4. The Bertz CT molecular complexity index is 589. The molecule has 5 nitrogen and oxygen atoms in total. The first-order valence-corrected chi connectivity index (χ1v) is 8.26. The van der Waals surface area contributed by atoms with Gasteiger partial charge in [-0.05, 0) is 30.5 Å². The van der Waals surface area contributed by atoms with Crippen LogP contribution in [0.25, 0.3) is 0 Å². The molecular weight excluding hydrogens is 300 g/mol. The number of carbonyl (C=O) groups is 1. The van der Waals surface area contributed by atoms with Gasteiger partial charge in [-0.2, -0.15) is 0 Å². The van der Waals surface area contributed by atoms with Gasteiger partial charge in [0, 0.05) is 12.7 Å². The lowest BCUT2D eigenvalue weighted by molar-refractivity contribution is -0.117. The van der Waals surface area contributed by atoms with Crippen LogP contribution < -0.4 is 14.8 Å². The second-order valence-corrected chi connectivity index (χ2v) is 6.24. The standard InChI is InChI=1S/C16H22N2O3S/c1-5-16(8-9-22-15(18-16)17-11(2)19)12-6-7-13(20-3)14(10-12)21-4/h6-7,10H,5,8-9H2,1-4H3,(H,17,18,19). The van der Waals surface area contributed by atoms with Gasteiger partial charge in [0.25, 0.3) is 0 Å². The molecule has 1 aliphatic rings. The molecule has 120 valence electrons. The Balaban J connectivity index is 2.43. The molecule has 1 unspecified atom stereocenters. The maximum atomic E-state index is 11.3. The molecular formula is C16H22N2O3S. The van der Waals surface area contributed by atoms with Gasteiger partial charge in [0.1, 0.15) is 0 Å². The van der Waals surface area contributed by atoms with Crippen LogP contribution in [0.4, 0.5) is 0 Å². The first-order chi connectivity index (χ1) is 10.5. The zero-order valence-corrected chi connectivity index (χ0v) is 14.3. The Morgan fingerprint density at radius 2 is 2.09 bits per heavy atom. The van der Waals surface area contributed by atoms with Crippen molar-refractivity contribution in [2.45, 2.75) is 32.2 Å². The van der Waals surface area contributed by atoms with Crippen molar-refractivity contribution in [1.82, 2.24) is 5.32 Å². The molecule has 1 N–H and O–H groups in total. The Kier molecular flexibility index (Phi) is 5.34. The van der Waals surface area contributed by atoms with E-state index in [0.717, 1.165) is 24.2 Å². The summed E-state index contributed by atoms with van der Waals surface area (Å²) in [6, 6.07) is 5.91. The van der Waals surface area contributed by atoms with Gasteiger partial charge in [-0.3, -0.25) is 9.79 Å². The highest BCUT2D eigenvalue weighted by Gasteiger charge is 2.34. The van der Waals surface area contributed by atoms with Crippen LogP contribution in [0.15, 0.2) is 23.2 Å². The smallest absolute Gasteiger partial charge is 0.222 e. The van der Waals surface area contributed by atoms with Gasteiger partial charge in [0.05, 0.1) is 19.8 Å². The predicted molar refractivity (Wildman–Crippen MR) is 89.8 cm³/mol. The van der Waals surface area contributed by atoms with Crippen LogP contribution in [0.3, 0.4) is 0 Å². The number of benzene rings is 1. The molecule has 1 amide bonds. The Labute approximate surface area is 135 Å². The summed E-state index contributed by atoms with van der Waals surface area (Å²) >= 11 is 1.58. The minimum Gasteiger partial charge on any atom is -0.493 e. The second-order valence-electron chi connectivity index (χ2n) is 5.15. The van der Waals surface area contributed by atoms with E-state index in [-0.39, 0.29) is 11.4 Å². The molecule has 22 heavy (non-hydrogen) atoms. The summed E-state index contributed by atoms with van der Waals surface area (Å²) in [6.45, 7) is 3.61. The number of nitrogens with one attached hydrogen (secondary N) is 1. The Morgan fingerprint density at radius 1 is 1.36 bits per heavy atom. The molecule has 0 radical (unpaired) electrons. The maximum absolute atomic E-state index is 11.3. The van der Waals surface area contributed by atoms with Crippen molar-refractivity contribution >= 4 is 22.8 Å². The second kappa shape index (κ2) is 7.05. The van der Waals surface area contributed by atoms with E-state index >= 15 is 0 Å². The summed E-state index contributed by atoms with van der Waals surface area (Å²) in [5.41, 5.74) is 0.749. The molecule has 2 rings (SSSR count). The van der Waals surface area contributed by atoms with Crippen LogP contribution in [0.1, 0.15) is 32.3 Å². The van der Waals surface area contributed by atoms with E-state index in [0.29, 0.717) is 16.7 Å². The topological polar surface area (TPSA) is 59.9 Å². The van der Waals surface area contributed by atoms with Crippen molar-refractivity contribution in [2.75, 3.05) is 20.0 Å². The molecule has 0 aromatic heterocycles. The number of thioether (sulfide) groups is 1. The van der Waals surface area contributed by atoms with Gasteiger partial charge in [0.15, 0.2) is 16.7 Å². The van der Waals surface area contributed by atoms with Gasteiger partial charge in [-0.25, -0.2) is 0 Å². The lowest BCUT2D eigenvalue weighted by atomic mass is 9.85. The van der Waals surface area contributed by atoms with Crippen molar-refractivity contribution in [3.05, 3.63) is 23.8 Å². The first kappa shape index (κ1) is 16.7. The summed E-state index contributed by atoms with van der Waals surface area (Å²) in [5, 5.41) is 3.50. The zero-order chi connectivity index (χ0) is 16.2. The number of ether oxygens (including phenoxy) is 2. The third-order valence-corrected chi connectivity index (χ3v) is 4.73. The van der Waals surface area contributed by atoms with Gasteiger partial charge in [-0.1, -0.05) is 24.8 Å². The first-order valence-electron chi connectivity index (χ1n) is 7.27. The number of nitrogens with zero attached hydrogens (tertiary/aromatic N) is 1. The number of amides is 1. The van der Waals surface area contributed by atoms with Crippen molar-refractivity contribution in [3.8, 4) is 11.5 Å². The summed E-state index contributed by atoms with van der Waals surface area (Å²) in [7, 11) is 3.25. The predicted octanol–water partition coefficient (Wildman–Crippen LogP) is 2.94. The fourth-order valence-corrected chi connectivity index (χ4v) is 3.70. The number of amidine groups is 1. The monoisotopic (exact) mass is 322 g/mol. The van der Waals surface area contributed by atoms with Crippen LogP contribution in [0.2, 0.25) is 0 Å². The van der Waals surface area contributed by atoms with E-state index in [4.69, 9.17) is 14.5 Å². The lowest BCUT2D eigenvalue weighted by Gasteiger charge is -2.33. The molecule has 1 aromatic carbocycles. The minimum absolute atomic E-state index is 0.0922. The molecule has 0 saturated carbocycles. The molecule has 1 heterocycles. The number of methoxy groups -OCH3 is 2. The maximum Gasteiger partial charge on any atom is 0.222 e. The van der Waals surface area contributed by atoms with Crippen molar-refractivity contribution < 1.29 is 14.3 Å². The summed E-state index contributed by atoms with van der Waals surface area (Å²) in [4.78, 5) is 16.1. The molecule has 0 saturated heterocycles. The van der Waals surface area contributed by atoms with Crippen molar-refractivity contribution in [2.24, 2.45) is 4.99 Å². The van der Waals surface area contributed by atoms with E-state index < -0.39 is 0 Å². The van der Waals surface area contributed by atoms with Crippen LogP contribution in [0.5, 0.6) is 11.5 Å². The van der Waals surface area contributed by atoms with E-state index in [2.05, 4.69) is 12.2 Å². The van der Waals surface area contributed by atoms with E-state index in [1.165, 1.54) is 6.92 Å². The number of rotatable bonds is 4. The highest BCUT2D eigenvalue weighted by Crippen LogP contribution is 2.41. The quantitative estimate of drug-likeness (QED) is 0.926. The number of hydrogen-bond acceptors (Lipinski definition) is 5. The summed E-state index contributed by atoms with van der Waals surface area (Å²) in [5.74, 6) is 2.22. The van der Waals surface area contributed by atoms with Crippen LogP contribution in [0, 0.1) is 0 Å². The molecule has 1 atom stereocenters. The third kappa shape index (κ3) is 3.38. The average Bonchev–Trinajstić information content (AvgIpc) is 2.53. The summed E-state index contributed by atoms with van der Waals surface area (Å²) < 4.78 is 10.7. The number of aliphatic imine (C=N–C) groups is 1. The van der Waals surface area contributed by atoms with Gasteiger partial charge < -0.3 is 14.8 Å².